The van der Waals surface area contributed by atoms with Crippen molar-refractivity contribution in [1.82, 2.24) is 9.55 Å². The summed E-state index contributed by atoms with van der Waals surface area (Å²) in [5, 5.41) is 20.4. The molecule has 22 heteroatoms. The zero-order chi connectivity index (χ0) is 26.8. The lowest BCUT2D eigenvalue weighted by Gasteiger charge is -2.19. The smallest absolute Gasteiger partial charge is 0.466 e. The predicted molar refractivity (Wildman–Crippen MR) is 108 cm³/mol. The summed E-state index contributed by atoms with van der Waals surface area (Å²) in [6.45, 7) is -1.11. The molecule has 2 heterocycles. The van der Waals surface area contributed by atoms with Crippen molar-refractivity contribution < 1.29 is 70.9 Å². The third kappa shape index (κ3) is 8.37. The third-order valence-corrected chi connectivity index (χ3v) is 7.86. The predicted octanol–water partition coefficient (Wildman–Crippen LogP) is -2.31. The van der Waals surface area contributed by atoms with Crippen LogP contribution in [0, 0.1) is 0 Å². The molecule has 0 saturated carbocycles. The van der Waals surface area contributed by atoms with Crippen LogP contribution in [0.15, 0.2) is 21.9 Å². The molecule has 1 aliphatic rings. The van der Waals surface area contributed by atoms with Crippen LogP contribution in [0.1, 0.15) is 11.7 Å². The maximum absolute atomic E-state index is 12.2. The number of rotatable bonds is 10. The Kier molecular flexibility index (Phi) is 9.30. The summed E-state index contributed by atoms with van der Waals surface area (Å²) >= 11 is 0. The number of hydrogen-bond acceptors (Lipinski definition) is 13. The van der Waals surface area contributed by atoms with Crippen molar-refractivity contribution in [1.29, 1.82) is 0 Å². The van der Waals surface area contributed by atoms with Gasteiger partial charge in [0.1, 0.15) is 24.4 Å². The van der Waals surface area contributed by atoms with E-state index >= 15 is 0 Å². The van der Waals surface area contributed by atoms with Gasteiger partial charge in [-0.15, -0.1) is 0 Å². The van der Waals surface area contributed by atoms with Gasteiger partial charge < -0.3 is 39.3 Å². The lowest BCUT2D eigenvalue weighted by molar-refractivity contribution is -0.134. The topological polar surface area (TPSA) is 291 Å². The highest BCUT2D eigenvalue weighted by atomic mass is 31.3. The molecule has 4 unspecified atom stereocenters. The number of phosphoric acid groups is 3. The average molecular weight is 568 g/mol. The number of ether oxygens (including phenoxy) is 2. The Labute approximate surface area is 193 Å². The number of carbonyl (C=O) groups excluding carboxylic acids is 1. The zero-order valence-electron chi connectivity index (χ0n) is 17.2. The van der Waals surface area contributed by atoms with Gasteiger partial charge in [-0.2, -0.15) is 8.62 Å². The molecule has 35 heavy (non-hydrogen) atoms. The number of hydrogen-bond donors (Lipinski definition) is 7. The molecule has 1 saturated heterocycles. The minimum atomic E-state index is -5.79. The molecule has 1 aliphatic heterocycles. The van der Waals surface area contributed by atoms with Gasteiger partial charge in [0.2, 0.25) is 0 Å². The molecule has 0 aliphatic carbocycles. The molecule has 6 atom stereocenters. The standard InChI is InChI=1S/C13H19N2O17P3/c1-28-8(16)2-3-15-4-6(12(19)14-13(15)20)11-10(18)9(17)7(30-11)5-29-34(24,25)32-35(26,27)31-33(21,22)23/h2-4,7,9-11,17-18H,5H2,1H3,(H,24,25)(H,26,27)(H,14,19,20)(H2,21,22,23)/b3-2+/t7-,9?,10?,11+/m1/s1. The van der Waals surface area contributed by atoms with Crippen molar-refractivity contribution in [2.45, 2.75) is 24.4 Å². The van der Waals surface area contributed by atoms with Crippen LogP contribution >= 0.6 is 23.5 Å². The second-order valence-electron chi connectivity index (χ2n) is 6.55. The summed E-state index contributed by atoms with van der Waals surface area (Å²) in [6.07, 6.45) is -4.43. The van der Waals surface area contributed by atoms with Gasteiger partial charge in [-0.05, 0) is 0 Å². The lowest BCUT2D eigenvalue weighted by Crippen LogP contribution is -2.35. The molecule has 1 fully saturated rings. The average Bonchev–Trinajstić information content (AvgIpc) is 2.97. The molecule has 0 amide bonds. The molecule has 0 bridgehead atoms. The molecule has 2 rings (SSSR count). The first kappa shape index (κ1) is 29.4. The fourth-order valence-electron chi connectivity index (χ4n) is 2.64. The van der Waals surface area contributed by atoms with E-state index in [9.17, 15) is 43.2 Å². The van der Waals surface area contributed by atoms with Crippen LogP contribution in [0.25, 0.3) is 6.20 Å². The molecule has 7 N–H and O–H groups in total. The largest absolute Gasteiger partial charge is 0.490 e. The van der Waals surface area contributed by atoms with Crippen molar-refractivity contribution in [3.63, 3.8) is 0 Å². The summed E-state index contributed by atoms with van der Waals surface area (Å²) in [7, 11) is -15.9. The number of aliphatic hydroxyl groups is 2. The number of aromatic nitrogens is 2. The minimum Gasteiger partial charge on any atom is -0.466 e. The highest BCUT2D eigenvalue weighted by Crippen LogP contribution is 2.66. The fraction of sp³-hybridized carbons (Fsp3) is 0.462. The molecule has 0 aromatic carbocycles. The maximum atomic E-state index is 12.2. The monoisotopic (exact) mass is 568 g/mol. The van der Waals surface area contributed by atoms with Crippen LogP contribution in [0.2, 0.25) is 0 Å². The minimum absolute atomic E-state index is 0.425. The first-order valence-corrected chi connectivity index (χ1v) is 13.4. The van der Waals surface area contributed by atoms with Crippen molar-refractivity contribution in [3.05, 3.63) is 38.7 Å². The summed E-state index contributed by atoms with van der Waals surface area (Å²) in [6, 6.07) is 0. The van der Waals surface area contributed by atoms with E-state index in [0.717, 1.165) is 30.1 Å². The second kappa shape index (κ2) is 11.1. The first-order chi connectivity index (χ1) is 15.9. The van der Waals surface area contributed by atoms with Crippen LogP contribution in [0.5, 0.6) is 0 Å². The van der Waals surface area contributed by atoms with Crippen LogP contribution in [-0.2, 0) is 41.1 Å². The van der Waals surface area contributed by atoms with E-state index in [0.29, 0.717) is 0 Å². The van der Waals surface area contributed by atoms with Gasteiger partial charge in [-0.3, -0.25) is 18.9 Å². The fourth-order valence-corrected chi connectivity index (χ4v) is 5.67. The van der Waals surface area contributed by atoms with E-state index < -0.39 is 77.3 Å². The number of methoxy groups -OCH3 is 1. The SMILES string of the molecule is COC(=O)/C=C/n1cc([C@@H]2O[C@H](COP(=O)(O)OP(=O)(O)OP(=O)(O)O)C(O)C2O)c(=O)[nH]c1=O. The Bertz CT molecular complexity index is 1230. The second-order valence-corrected chi connectivity index (χ2v) is 11.0. The number of nitrogens with zero attached hydrogens (tertiary/aromatic N) is 1. The van der Waals surface area contributed by atoms with Gasteiger partial charge in [-0.25, -0.2) is 23.3 Å². The molecule has 19 nitrogen and oxygen atoms in total. The van der Waals surface area contributed by atoms with E-state index in [1.165, 1.54) is 0 Å². The maximum Gasteiger partial charge on any atom is 0.490 e. The molecule has 0 radical (unpaired) electrons. The summed E-state index contributed by atoms with van der Waals surface area (Å²) in [5.41, 5.74) is -2.47. The molecule has 1 aromatic heterocycles. The van der Waals surface area contributed by atoms with Crippen molar-refractivity contribution >= 4 is 35.6 Å². The summed E-state index contributed by atoms with van der Waals surface area (Å²) < 4.78 is 55.5. The van der Waals surface area contributed by atoms with Crippen LogP contribution in [-0.4, -0.2) is 77.3 Å². The van der Waals surface area contributed by atoms with Gasteiger partial charge in [0.05, 0.1) is 19.3 Å². The number of esters is 1. The molecule has 1 aromatic rings. The quantitative estimate of drug-likeness (QED) is 0.0885. The Morgan fingerprint density at radius 3 is 2.31 bits per heavy atom. The van der Waals surface area contributed by atoms with Crippen LogP contribution < -0.4 is 11.2 Å². The van der Waals surface area contributed by atoms with Gasteiger partial charge in [-0.1, -0.05) is 0 Å². The molecular formula is C13H19N2O17P3. The van der Waals surface area contributed by atoms with Gasteiger partial charge in [0.15, 0.2) is 0 Å². The number of phosphoric ester groups is 1. The van der Waals surface area contributed by atoms with E-state index in [1.807, 2.05) is 4.98 Å². The number of aliphatic hydroxyl groups excluding tert-OH is 2. The molecule has 0 spiro atoms. The van der Waals surface area contributed by atoms with E-state index in [1.54, 1.807) is 0 Å². The van der Waals surface area contributed by atoms with Crippen molar-refractivity contribution in [2.24, 2.45) is 0 Å². The third-order valence-electron chi connectivity index (χ3n) is 4.05. The van der Waals surface area contributed by atoms with E-state index in [-0.39, 0.29) is 0 Å². The van der Waals surface area contributed by atoms with Gasteiger partial charge >= 0.3 is 35.1 Å². The summed E-state index contributed by atoms with van der Waals surface area (Å²) in [5.74, 6) is -0.844. The zero-order valence-corrected chi connectivity index (χ0v) is 19.9. The Hall–Kier alpha value is -1.82. The highest BCUT2D eigenvalue weighted by molar-refractivity contribution is 7.66. The normalized spacial score (nSPS) is 26.4. The van der Waals surface area contributed by atoms with E-state index in [4.69, 9.17) is 19.4 Å². The van der Waals surface area contributed by atoms with E-state index in [2.05, 4.69) is 17.9 Å². The highest BCUT2D eigenvalue weighted by Gasteiger charge is 2.47. The summed E-state index contributed by atoms with van der Waals surface area (Å²) in [4.78, 5) is 72.8. The number of carbonyl (C=O) groups is 1. The number of H-pyrrole nitrogens is 1. The van der Waals surface area contributed by atoms with Gasteiger partial charge in [0.25, 0.3) is 5.56 Å². The lowest BCUT2D eigenvalue weighted by atomic mass is 10.0. The molecular weight excluding hydrogens is 549 g/mol. The first-order valence-electron chi connectivity index (χ1n) is 8.86. The van der Waals surface area contributed by atoms with Gasteiger partial charge in [0, 0.05) is 18.5 Å². The Balaban J connectivity index is 2.18. The van der Waals surface area contributed by atoms with Crippen LogP contribution in [0.3, 0.4) is 0 Å². The van der Waals surface area contributed by atoms with Crippen LogP contribution in [0.4, 0.5) is 0 Å². The Morgan fingerprint density at radius 1 is 1.11 bits per heavy atom. The molecule has 198 valence electrons. The number of aromatic amines is 1. The number of nitrogens with one attached hydrogen (secondary N) is 1. The van der Waals surface area contributed by atoms with Crippen molar-refractivity contribution in [3.8, 4) is 0 Å². The van der Waals surface area contributed by atoms with Crippen molar-refractivity contribution in [2.75, 3.05) is 13.7 Å². The Morgan fingerprint density at radius 2 is 1.74 bits per heavy atom.